The molecule has 0 radical (unpaired) electrons. The van der Waals surface area contributed by atoms with Crippen LogP contribution in [0.4, 0.5) is 11.5 Å². The molecule has 0 saturated heterocycles. The van der Waals surface area contributed by atoms with Gasteiger partial charge in [-0.2, -0.15) is 5.10 Å². The zero-order valence-corrected chi connectivity index (χ0v) is 10.7. The minimum atomic E-state index is 0.588. The lowest BCUT2D eigenvalue weighted by Crippen LogP contribution is -2.09. The molecule has 4 nitrogen and oxygen atoms in total. The fourth-order valence-electron chi connectivity index (χ4n) is 1.56. The average molecular weight is 281 g/mol. The molecule has 0 amide bonds. The van der Waals surface area contributed by atoms with Crippen molar-refractivity contribution in [3.05, 3.63) is 28.9 Å². The van der Waals surface area contributed by atoms with Crippen molar-refractivity contribution in [3.8, 4) is 11.1 Å². The van der Waals surface area contributed by atoms with Gasteiger partial charge in [-0.05, 0) is 33.6 Å². The zero-order chi connectivity index (χ0) is 11.7. The van der Waals surface area contributed by atoms with Crippen molar-refractivity contribution in [2.24, 2.45) is 0 Å². The molecule has 1 aromatic heterocycles. The Hall–Kier alpha value is -1.49. The number of hydrogen-bond acceptors (Lipinski definition) is 3. The van der Waals surface area contributed by atoms with Gasteiger partial charge in [-0.15, -0.1) is 0 Å². The molecule has 84 valence electrons. The summed E-state index contributed by atoms with van der Waals surface area (Å²) in [5.41, 5.74) is 8.87. The van der Waals surface area contributed by atoms with Gasteiger partial charge in [-0.1, -0.05) is 6.07 Å². The molecule has 0 atom stereocenters. The van der Waals surface area contributed by atoms with Gasteiger partial charge in [0.05, 0.1) is 11.9 Å². The van der Waals surface area contributed by atoms with Crippen LogP contribution in [0.25, 0.3) is 11.1 Å². The summed E-state index contributed by atoms with van der Waals surface area (Å²) in [6.07, 6.45) is 1.73. The number of nitrogens with two attached hydrogens (primary N) is 1. The highest BCUT2D eigenvalue weighted by Gasteiger charge is 2.08. The second-order valence-electron chi connectivity index (χ2n) is 3.76. The minimum Gasteiger partial charge on any atom is -0.384 e. The van der Waals surface area contributed by atoms with Crippen LogP contribution in [0.1, 0.15) is 0 Å². The summed E-state index contributed by atoms with van der Waals surface area (Å²) in [6, 6.07) is 6.11. The topological polar surface area (TPSA) is 57.9 Å². The molecule has 16 heavy (non-hydrogen) atoms. The van der Waals surface area contributed by atoms with Gasteiger partial charge in [0.1, 0.15) is 5.82 Å². The van der Waals surface area contributed by atoms with E-state index in [0.29, 0.717) is 5.82 Å². The van der Waals surface area contributed by atoms with Crippen LogP contribution >= 0.6 is 15.9 Å². The molecule has 0 unspecified atom stereocenters. The van der Waals surface area contributed by atoms with Crippen LogP contribution in [0.5, 0.6) is 0 Å². The van der Waals surface area contributed by atoms with E-state index in [9.17, 15) is 0 Å². The molecule has 0 aliphatic carbocycles. The largest absolute Gasteiger partial charge is 0.384 e. The number of aromatic amines is 1. The Bertz CT molecular complexity index is 504. The average Bonchev–Trinajstić information content (AvgIpc) is 2.63. The fourth-order valence-corrected chi connectivity index (χ4v) is 2.30. The molecular weight excluding hydrogens is 268 g/mol. The first kappa shape index (κ1) is 11.0. The monoisotopic (exact) mass is 280 g/mol. The van der Waals surface area contributed by atoms with Crippen molar-refractivity contribution < 1.29 is 0 Å². The Labute approximate surface area is 103 Å². The summed E-state index contributed by atoms with van der Waals surface area (Å²) in [7, 11) is 4.01. The quantitative estimate of drug-likeness (QED) is 0.889. The number of rotatable bonds is 2. The number of nitrogen functional groups attached to an aromatic ring is 1. The van der Waals surface area contributed by atoms with E-state index in [1.54, 1.807) is 6.20 Å². The van der Waals surface area contributed by atoms with E-state index in [2.05, 4.69) is 26.1 Å². The third-order valence-corrected chi connectivity index (χ3v) is 3.04. The molecule has 5 heteroatoms. The SMILES string of the molecule is CN(C)c1ccc(-c2cn[nH]c2N)cc1Br. The Morgan fingerprint density at radius 1 is 1.38 bits per heavy atom. The van der Waals surface area contributed by atoms with Crippen molar-refractivity contribution in [2.75, 3.05) is 24.7 Å². The molecule has 1 heterocycles. The Balaban J connectivity index is 2.46. The summed E-state index contributed by atoms with van der Waals surface area (Å²) in [4.78, 5) is 2.05. The number of hydrogen-bond donors (Lipinski definition) is 2. The summed E-state index contributed by atoms with van der Waals surface area (Å²) >= 11 is 3.54. The number of anilines is 2. The van der Waals surface area contributed by atoms with Gasteiger partial charge in [-0.3, -0.25) is 5.10 Å². The lowest BCUT2D eigenvalue weighted by atomic mass is 10.1. The predicted octanol–water partition coefficient (Wildman–Crippen LogP) is 2.49. The van der Waals surface area contributed by atoms with Gasteiger partial charge in [0.25, 0.3) is 0 Å². The number of halogens is 1. The molecule has 0 spiro atoms. The van der Waals surface area contributed by atoms with Gasteiger partial charge in [0, 0.05) is 24.1 Å². The highest BCUT2D eigenvalue weighted by Crippen LogP contribution is 2.31. The molecule has 0 aliphatic rings. The molecule has 0 fully saturated rings. The molecule has 0 saturated carbocycles. The van der Waals surface area contributed by atoms with Gasteiger partial charge in [0.2, 0.25) is 0 Å². The molecule has 0 bridgehead atoms. The minimum absolute atomic E-state index is 0.588. The zero-order valence-electron chi connectivity index (χ0n) is 9.16. The lowest BCUT2D eigenvalue weighted by Gasteiger charge is -2.15. The first-order valence-electron chi connectivity index (χ1n) is 4.85. The van der Waals surface area contributed by atoms with Crippen LogP contribution in [0.3, 0.4) is 0 Å². The number of nitrogens with zero attached hydrogens (tertiary/aromatic N) is 2. The van der Waals surface area contributed by atoms with Crippen molar-refractivity contribution >= 4 is 27.4 Å². The molecule has 2 rings (SSSR count). The van der Waals surface area contributed by atoms with Gasteiger partial charge in [-0.25, -0.2) is 0 Å². The van der Waals surface area contributed by atoms with E-state index >= 15 is 0 Å². The summed E-state index contributed by atoms with van der Waals surface area (Å²) in [6.45, 7) is 0. The van der Waals surface area contributed by atoms with E-state index in [4.69, 9.17) is 5.73 Å². The number of nitrogens with one attached hydrogen (secondary N) is 1. The predicted molar refractivity (Wildman–Crippen MR) is 70.5 cm³/mol. The van der Waals surface area contributed by atoms with E-state index < -0.39 is 0 Å². The highest BCUT2D eigenvalue weighted by molar-refractivity contribution is 9.10. The Kier molecular flexibility index (Phi) is 2.87. The second-order valence-corrected chi connectivity index (χ2v) is 4.61. The fraction of sp³-hybridized carbons (Fsp3) is 0.182. The van der Waals surface area contributed by atoms with Crippen LogP contribution in [-0.2, 0) is 0 Å². The number of H-pyrrole nitrogens is 1. The third kappa shape index (κ3) is 1.90. The highest BCUT2D eigenvalue weighted by atomic mass is 79.9. The molecular formula is C11H13BrN4. The van der Waals surface area contributed by atoms with E-state index in [-0.39, 0.29) is 0 Å². The maximum absolute atomic E-state index is 5.78. The maximum Gasteiger partial charge on any atom is 0.126 e. The van der Waals surface area contributed by atoms with Crippen LogP contribution in [0.2, 0.25) is 0 Å². The normalized spacial score (nSPS) is 10.4. The third-order valence-electron chi connectivity index (χ3n) is 2.41. The van der Waals surface area contributed by atoms with E-state index in [0.717, 1.165) is 21.3 Å². The van der Waals surface area contributed by atoms with Crippen molar-refractivity contribution in [1.29, 1.82) is 0 Å². The van der Waals surface area contributed by atoms with Crippen LogP contribution in [-0.4, -0.2) is 24.3 Å². The lowest BCUT2D eigenvalue weighted by molar-refractivity contribution is 1.10. The Morgan fingerprint density at radius 3 is 2.62 bits per heavy atom. The van der Waals surface area contributed by atoms with Crippen molar-refractivity contribution in [3.63, 3.8) is 0 Å². The smallest absolute Gasteiger partial charge is 0.126 e. The van der Waals surface area contributed by atoms with E-state index in [1.807, 2.05) is 37.2 Å². The van der Waals surface area contributed by atoms with Gasteiger partial charge >= 0.3 is 0 Å². The Morgan fingerprint density at radius 2 is 2.12 bits per heavy atom. The summed E-state index contributed by atoms with van der Waals surface area (Å²) < 4.78 is 1.04. The van der Waals surface area contributed by atoms with E-state index in [1.165, 1.54) is 0 Å². The molecule has 3 N–H and O–H groups in total. The second kappa shape index (κ2) is 4.17. The molecule has 1 aromatic carbocycles. The molecule has 2 aromatic rings. The van der Waals surface area contributed by atoms with Crippen molar-refractivity contribution in [1.82, 2.24) is 10.2 Å². The van der Waals surface area contributed by atoms with Crippen LogP contribution in [0.15, 0.2) is 28.9 Å². The number of aromatic nitrogens is 2. The number of benzene rings is 1. The summed E-state index contributed by atoms with van der Waals surface area (Å²) in [5, 5.41) is 6.64. The first-order valence-corrected chi connectivity index (χ1v) is 5.65. The van der Waals surface area contributed by atoms with Crippen LogP contribution < -0.4 is 10.6 Å². The first-order chi connectivity index (χ1) is 7.59. The van der Waals surface area contributed by atoms with Crippen molar-refractivity contribution in [2.45, 2.75) is 0 Å². The molecule has 0 aliphatic heterocycles. The standard InChI is InChI=1S/C11H13BrN4/c1-16(2)10-4-3-7(5-9(10)12)8-6-14-15-11(8)13/h3-6H,1-2H3,(H3,13,14,15). The maximum atomic E-state index is 5.78. The van der Waals surface area contributed by atoms with Gasteiger partial charge in [0.15, 0.2) is 0 Å². The van der Waals surface area contributed by atoms with Gasteiger partial charge < -0.3 is 10.6 Å². The summed E-state index contributed by atoms with van der Waals surface area (Å²) in [5.74, 6) is 0.588. The van der Waals surface area contributed by atoms with Crippen LogP contribution in [0, 0.1) is 0 Å².